The van der Waals surface area contributed by atoms with Crippen LogP contribution in [-0.4, -0.2) is 70.0 Å². The first-order valence-corrected chi connectivity index (χ1v) is 22.8. The minimum absolute atomic E-state index is 0.0369. The van der Waals surface area contributed by atoms with Gasteiger partial charge in [-0.15, -0.1) is 0 Å². The van der Waals surface area contributed by atoms with Crippen molar-refractivity contribution in [1.29, 1.82) is 0 Å². The third kappa shape index (κ3) is 39.7. The molecule has 10 heteroatoms. The number of allylic oxidation sites excluding steroid dienone is 8. The van der Waals surface area contributed by atoms with Crippen LogP contribution in [0.5, 0.6) is 0 Å². The van der Waals surface area contributed by atoms with Gasteiger partial charge in [0.25, 0.3) is 7.82 Å². The molecule has 0 fully saturated rings. The summed E-state index contributed by atoms with van der Waals surface area (Å²) in [4.78, 5) is 37.5. The highest BCUT2D eigenvalue weighted by Gasteiger charge is 2.21. The summed E-state index contributed by atoms with van der Waals surface area (Å²) >= 11 is 0. The van der Waals surface area contributed by atoms with Crippen LogP contribution in [-0.2, 0) is 32.7 Å². The predicted molar refractivity (Wildman–Crippen MR) is 222 cm³/mol. The summed E-state index contributed by atoms with van der Waals surface area (Å²) in [5, 5.41) is 0. The van der Waals surface area contributed by atoms with Crippen molar-refractivity contribution in [2.75, 3.05) is 47.5 Å². The van der Waals surface area contributed by atoms with Crippen LogP contribution >= 0.6 is 7.82 Å². The molecule has 54 heavy (non-hydrogen) atoms. The largest absolute Gasteiger partial charge is 0.756 e. The summed E-state index contributed by atoms with van der Waals surface area (Å²) in [5.74, 6) is -0.868. The molecule has 0 bridgehead atoms. The third-order valence-electron chi connectivity index (χ3n) is 8.80. The molecule has 0 spiro atoms. The lowest BCUT2D eigenvalue weighted by Crippen LogP contribution is -2.37. The molecule has 0 N–H and O–H groups in total. The Kier molecular flexibility index (Phi) is 35.2. The fourth-order valence-corrected chi connectivity index (χ4v) is 6.16. The number of quaternary nitrogens is 1. The summed E-state index contributed by atoms with van der Waals surface area (Å²) < 4.78 is 33.8. The van der Waals surface area contributed by atoms with E-state index in [9.17, 15) is 19.0 Å². The van der Waals surface area contributed by atoms with Crippen molar-refractivity contribution in [2.45, 2.75) is 174 Å². The fraction of sp³-hybridized carbons (Fsp3) is 0.773. The summed E-state index contributed by atoms with van der Waals surface area (Å²) in [6, 6.07) is 0. The van der Waals surface area contributed by atoms with E-state index in [2.05, 4.69) is 62.5 Å². The van der Waals surface area contributed by atoms with Crippen molar-refractivity contribution in [3.05, 3.63) is 48.6 Å². The van der Waals surface area contributed by atoms with Gasteiger partial charge in [-0.05, 0) is 70.6 Å². The van der Waals surface area contributed by atoms with Gasteiger partial charge in [0, 0.05) is 12.8 Å². The van der Waals surface area contributed by atoms with Crippen LogP contribution < -0.4 is 4.89 Å². The Morgan fingerprint density at radius 3 is 1.57 bits per heavy atom. The molecule has 314 valence electrons. The number of carbonyl (C=O) groups excluding carboxylic acids is 2. The quantitative estimate of drug-likeness (QED) is 0.0200. The number of unbranched alkanes of at least 4 members (excludes halogenated alkanes) is 16. The average Bonchev–Trinajstić information content (AvgIpc) is 3.12. The lowest BCUT2D eigenvalue weighted by Gasteiger charge is -2.28. The second kappa shape index (κ2) is 36.6. The zero-order chi connectivity index (χ0) is 40.0. The Hall–Kier alpha value is -2.03. The molecule has 0 heterocycles. The number of hydrogen-bond donors (Lipinski definition) is 0. The summed E-state index contributed by atoms with van der Waals surface area (Å²) in [7, 11) is 1.14. The van der Waals surface area contributed by atoms with E-state index in [0.717, 1.165) is 70.6 Å². The van der Waals surface area contributed by atoms with E-state index in [4.69, 9.17) is 18.5 Å². The molecule has 0 rings (SSSR count). The molecule has 0 aliphatic carbocycles. The van der Waals surface area contributed by atoms with Crippen LogP contribution in [0.4, 0.5) is 0 Å². The highest BCUT2D eigenvalue weighted by atomic mass is 31.2. The van der Waals surface area contributed by atoms with E-state index < -0.39 is 32.5 Å². The van der Waals surface area contributed by atoms with Gasteiger partial charge in [0.1, 0.15) is 19.8 Å². The number of carbonyl (C=O) groups is 2. The normalized spacial score (nSPS) is 14.1. The molecule has 0 saturated carbocycles. The Balaban J connectivity index is 4.43. The number of hydrogen-bond acceptors (Lipinski definition) is 8. The van der Waals surface area contributed by atoms with Gasteiger partial charge in [0.05, 0.1) is 27.7 Å². The molecule has 0 aromatic rings. The van der Waals surface area contributed by atoms with Gasteiger partial charge in [-0.3, -0.25) is 14.2 Å². The van der Waals surface area contributed by atoms with Gasteiger partial charge in [-0.1, -0.05) is 133 Å². The number of rotatable bonds is 38. The SMILES string of the molecule is CCC/C=C/C/C=C/C/C=C/CCCCCCC(=O)OC[C@H](COP(=O)([O-])OCC[N+](C)(C)C)OC(=O)CCCCCCCCC/C=C/CCCCCC. The van der Waals surface area contributed by atoms with E-state index >= 15 is 0 Å². The Morgan fingerprint density at radius 2 is 1.04 bits per heavy atom. The van der Waals surface area contributed by atoms with E-state index in [1.165, 1.54) is 57.8 Å². The first-order valence-electron chi connectivity index (χ1n) is 21.3. The summed E-state index contributed by atoms with van der Waals surface area (Å²) in [6.45, 7) is 4.10. The molecule has 0 amide bonds. The van der Waals surface area contributed by atoms with E-state index in [-0.39, 0.29) is 26.1 Å². The van der Waals surface area contributed by atoms with Crippen molar-refractivity contribution in [2.24, 2.45) is 0 Å². The number of ether oxygens (including phenoxy) is 2. The Bertz CT molecular complexity index is 1070. The molecular formula is C44H80NO8P. The molecular weight excluding hydrogens is 701 g/mol. The zero-order valence-corrected chi connectivity index (χ0v) is 36.0. The Labute approximate surface area is 331 Å². The van der Waals surface area contributed by atoms with Gasteiger partial charge < -0.3 is 27.9 Å². The first-order chi connectivity index (χ1) is 26.0. The number of phosphoric ester groups is 1. The lowest BCUT2D eigenvalue weighted by molar-refractivity contribution is -0.870. The maximum absolute atomic E-state index is 12.7. The molecule has 0 saturated heterocycles. The zero-order valence-electron chi connectivity index (χ0n) is 35.2. The van der Waals surface area contributed by atoms with Crippen molar-refractivity contribution >= 4 is 19.8 Å². The van der Waals surface area contributed by atoms with Crippen LogP contribution in [0, 0.1) is 0 Å². The molecule has 9 nitrogen and oxygen atoms in total. The molecule has 2 atom stereocenters. The van der Waals surface area contributed by atoms with Gasteiger partial charge >= 0.3 is 11.9 Å². The van der Waals surface area contributed by atoms with Gasteiger partial charge in [0.2, 0.25) is 0 Å². The highest BCUT2D eigenvalue weighted by molar-refractivity contribution is 7.45. The van der Waals surface area contributed by atoms with Gasteiger partial charge in [-0.25, -0.2) is 0 Å². The van der Waals surface area contributed by atoms with Gasteiger partial charge in [-0.2, -0.15) is 0 Å². The molecule has 1 unspecified atom stereocenters. The fourth-order valence-electron chi connectivity index (χ4n) is 5.43. The maximum atomic E-state index is 12.7. The number of nitrogens with zero attached hydrogens (tertiary/aromatic N) is 1. The van der Waals surface area contributed by atoms with E-state index in [1.54, 1.807) is 0 Å². The number of esters is 2. The van der Waals surface area contributed by atoms with E-state index in [1.807, 2.05) is 21.1 Å². The molecule has 0 radical (unpaired) electrons. The topological polar surface area (TPSA) is 111 Å². The first kappa shape index (κ1) is 52.0. The number of likely N-dealkylation sites (N-methyl/N-ethyl adjacent to an activating group) is 1. The van der Waals surface area contributed by atoms with Crippen LogP contribution in [0.1, 0.15) is 168 Å². The average molecular weight is 782 g/mol. The monoisotopic (exact) mass is 782 g/mol. The highest BCUT2D eigenvalue weighted by Crippen LogP contribution is 2.38. The molecule has 0 aliphatic rings. The lowest BCUT2D eigenvalue weighted by atomic mass is 10.1. The molecule has 0 aromatic heterocycles. The van der Waals surface area contributed by atoms with Crippen LogP contribution in [0.3, 0.4) is 0 Å². The third-order valence-corrected chi connectivity index (χ3v) is 9.77. The summed E-state index contributed by atoms with van der Waals surface area (Å²) in [5.41, 5.74) is 0. The van der Waals surface area contributed by atoms with E-state index in [0.29, 0.717) is 23.9 Å². The van der Waals surface area contributed by atoms with Crippen LogP contribution in [0.15, 0.2) is 48.6 Å². The summed E-state index contributed by atoms with van der Waals surface area (Å²) in [6.07, 6.45) is 41.3. The standard InChI is InChI=1S/C44H80NO8P/c1-6-8-10-12-14-16-18-20-22-24-26-28-30-32-34-36-43(46)50-40-42(41-52-54(48,49)51-39-38-45(3,4)5)53-44(47)37-35-33-31-29-27-25-23-21-19-17-15-13-11-9-7-2/h10,12,16-19,22,24,42H,6-9,11,13-15,20-21,23,25-41H2,1-5H3/b12-10+,18-16+,19-17+,24-22+/t42-/m1/s1. The predicted octanol–water partition coefficient (Wildman–Crippen LogP) is 11.3. The second-order valence-electron chi connectivity index (χ2n) is 15.3. The minimum atomic E-state index is -4.63. The van der Waals surface area contributed by atoms with Crippen LogP contribution in [0.2, 0.25) is 0 Å². The van der Waals surface area contributed by atoms with Gasteiger partial charge in [0.15, 0.2) is 6.10 Å². The maximum Gasteiger partial charge on any atom is 0.306 e. The molecule has 0 aromatic carbocycles. The Morgan fingerprint density at radius 1 is 0.574 bits per heavy atom. The van der Waals surface area contributed by atoms with Crippen molar-refractivity contribution in [1.82, 2.24) is 0 Å². The van der Waals surface area contributed by atoms with Crippen molar-refractivity contribution in [3.63, 3.8) is 0 Å². The van der Waals surface area contributed by atoms with Crippen LogP contribution in [0.25, 0.3) is 0 Å². The second-order valence-corrected chi connectivity index (χ2v) is 16.8. The minimum Gasteiger partial charge on any atom is -0.756 e. The van der Waals surface area contributed by atoms with Crippen molar-refractivity contribution < 1.29 is 42.1 Å². The smallest absolute Gasteiger partial charge is 0.306 e. The number of phosphoric acid groups is 1. The van der Waals surface area contributed by atoms with Crippen molar-refractivity contribution in [3.8, 4) is 0 Å². The molecule has 0 aliphatic heterocycles.